The molecular formula is C15H29N3O. The third-order valence-corrected chi connectivity index (χ3v) is 5.02. The monoisotopic (exact) mass is 267 g/mol. The lowest BCUT2D eigenvalue weighted by atomic mass is 9.95. The maximum atomic E-state index is 12.5. The minimum atomic E-state index is 0.0422. The summed E-state index contributed by atoms with van der Waals surface area (Å²) in [6, 6.07) is 0.0422. The lowest BCUT2D eigenvalue weighted by molar-refractivity contribution is -0.131. The van der Waals surface area contributed by atoms with Gasteiger partial charge >= 0.3 is 0 Å². The van der Waals surface area contributed by atoms with E-state index in [1.165, 1.54) is 25.7 Å². The highest BCUT2D eigenvalue weighted by Gasteiger charge is 2.43. The van der Waals surface area contributed by atoms with Gasteiger partial charge in [-0.2, -0.15) is 0 Å². The van der Waals surface area contributed by atoms with Crippen LogP contribution in [0.5, 0.6) is 0 Å². The lowest BCUT2D eigenvalue weighted by Gasteiger charge is -2.40. The van der Waals surface area contributed by atoms with Gasteiger partial charge in [-0.3, -0.25) is 10.1 Å². The molecule has 1 aliphatic carbocycles. The summed E-state index contributed by atoms with van der Waals surface area (Å²) in [5.74, 6) is 0.308. The zero-order valence-electron chi connectivity index (χ0n) is 12.9. The van der Waals surface area contributed by atoms with Gasteiger partial charge in [0.15, 0.2) is 0 Å². The Kier molecular flexibility index (Phi) is 4.51. The number of carbonyl (C=O) groups excluding carboxylic acids is 1. The molecule has 2 atom stereocenters. The minimum absolute atomic E-state index is 0.0422. The minimum Gasteiger partial charge on any atom is -0.324 e. The largest absolute Gasteiger partial charge is 0.324 e. The van der Waals surface area contributed by atoms with Crippen LogP contribution in [0.2, 0.25) is 0 Å². The molecule has 2 aliphatic rings. The van der Waals surface area contributed by atoms with Crippen molar-refractivity contribution >= 4 is 5.91 Å². The molecule has 0 radical (unpaired) electrons. The standard InChI is InChI=1S/C15H29N3O/c1-5-8-13-14(19)18(12(2)16-13)11-15(17(3)4)9-6-7-10-15/h12-13,16H,5-11H2,1-4H3. The molecule has 1 amide bonds. The molecular weight excluding hydrogens is 238 g/mol. The normalized spacial score (nSPS) is 30.6. The van der Waals surface area contributed by atoms with E-state index in [4.69, 9.17) is 0 Å². The second-order valence-corrected chi connectivity index (χ2v) is 6.48. The van der Waals surface area contributed by atoms with Crippen LogP contribution in [0.1, 0.15) is 52.4 Å². The smallest absolute Gasteiger partial charge is 0.241 e. The molecule has 1 aliphatic heterocycles. The van der Waals surface area contributed by atoms with Crippen LogP contribution >= 0.6 is 0 Å². The van der Waals surface area contributed by atoms with E-state index in [0.717, 1.165) is 19.4 Å². The number of hydrogen-bond donors (Lipinski definition) is 1. The molecule has 2 fully saturated rings. The fraction of sp³-hybridized carbons (Fsp3) is 0.933. The molecule has 1 N–H and O–H groups in total. The van der Waals surface area contributed by atoms with Crippen molar-refractivity contribution in [1.29, 1.82) is 0 Å². The van der Waals surface area contributed by atoms with Crippen molar-refractivity contribution < 1.29 is 4.79 Å². The van der Waals surface area contributed by atoms with Crippen LogP contribution in [0, 0.1) is 0 Å². The molecule has 0 aromatic carbocycles. The summed E-state index contributed by atoms with van der Waals surface area (Å²) in [4.78, 5) is 16.9. The van der Waals surface area contributed by atoms with Gasteiger partial charge in [-0.1, -0.05) is 26.2 Å². The van der Waals surface area contributed by atoms with Crippen LogP contribution < -0.4 is 5.32 Å². The SMILES string of the molecule is CCCC1NC(C)N(CC2(N(C)C)CCCC2)C1=O. The topological polar surface area (TPSA) is 35.6 Å². The van der Waals surface area contributed by atoms with Crippen molar-refractivity contribution in [2.24, 2.45) is 0 Å². The Balaban J connectivity index is 2.07. The molecule has 2 unspecified atom stereocenters. The summed E-state index contributed by atoms with van der Waals surface area (Å²) in [6.45, 7) is 5.14. The summed E-state index contributed by atoms with van der Waals surface area (Å²) in [5, 5.41) is 3.44. The average Bonchev–Trinajstić information content (AvgIpc) is 2.92. The van der Waals surface area contributed by atoms with Crippen molar-refractivity contribution in [2.75, 3.05) is 20.6 Å². The number of nitrogens with one attached hydrogen (secondary N) is 1. The lowest BCUT2D eigenvalue weighted by Crippen LogP contribution is -2.53. The van der Waals surface area contributed by atoms with Gasteiger partial charge in [0.05, 0.1) is 12.2 Å². The Morgan fingerprint density at radius 1 is 1.37 bits per heavy atom. The third kappa shape index (κ3) is 2.79. The first-order chi connectivity index (χ1) is 9.00. The molecule has 0 aromatic heterocycles. The highest BCUT2D eigenvalue weighted by molar-refractivity contribution is 5.84. The molecule has 4 nitrogen and oxygen atoms in total. The Hall–Kier alpha value is -0.610. The number of carbonyl (C=O) groups is 1. The summed E-state index contributed by atoms with van der Waals surface area (Å²) < 4.78 is 0. The van der Waals surface area contributed by atoms with Crippen LogP contribution in [0.4, 0.5) is 0 Å². The quantitative estimate of drug-likeness (QED) is 0.825. The Labute approximate surface area is 117 Å². The first-order valence-corrected chi connectivity index (χ1v) is 7.74. The first-order valence-electron chi connectivity index (χ1n) is 7.74. The zero-order chi connectivity index (χ0) is 14.0. The van der Waals surface area contributed by atoms with Gasteiger partial charge in [-0.15, -0.1) is 0 Å². The predicted molar refractivity (Wildman–Crippen MR) is 77.9 cm³/mol. The fourth-order valence-corrected chi connectivity index (χ4v) is 3.65. The first kappa shape index (κ1) is 14.8. The molecule has 0 spiro atoms. The number of rotatable bonds is 5. The second kappa shape index (κ2) is 5.80. The summed E-state index contributed by atoms with van der Waals surface area (Å²) in [5.41, 5.74) is 0.201. The number of likely N-dealkylation sites (N-methyl/N-ethyl adjacent to an activating group) is 1. The summed E-state index contributed by atoms with van der Waals surface area (Å²) >= 11 is 0. The Bertz CT molecular complexity index is 323. The molecule has 1 heterocycles. The van der Waals surface area contributed by atoms with E-state index in [0.29, 0.717) is 5.91 Å². The molecule has 0 bridgehead atoms. The fourth-order valence-electron chi connectivity index (χ4n) is 3.65. The van der Waals surface area contributed by atoms with Gasteiger partial charge in [-0.25, -0.2) is 0 Å². The predicted octanol–water partition coefficient (Wildman–Crippen LogP) is 1.81. The van der Waals surface area contributed by atoms with E-state index >= 15 is 0 Å². The van der Waals surface area contributed by atoms with Crippen molar-refractivity contribution in [3.05, 3.63) is 0 Å². The second-order valence-electron chi connectivity index (χ2n) is 6.48. The maximum absolute atomic E-state index is 12.5. The molecule has 19 heavy (non-hydrogen) atoms. The Morgan fingerprint density at radius 2 is 2.00 bits per heavy atom. The summed E-state index contributed by atoms with van der Waals surface area (Å²) in [7, 11) is 4.32. The average molecular weight is 267 g/mol. The van der Waals surface area contributed by atoms with E-state index < -0.39 is 0 Å². The maximum Gasteiger partial charge on any atom is 0.241 e. The number of hydrogen-bond acceptors (Lipinski definition) is 3. The zero-order valence-corrected chi connectivity index (χ0v) is 12.9. The molecule has 1 saturated heterocycles. The van der Waals surface area contributed by atoms with E-state index in [9.17, 15) is 4.79 Å². The number of amides is 1. The van der Waals surface area contributed by atoms with E-state index in [1.807, 2.05) is 0 Å². The van der Waals surface area contributed by atoms with Gasteiger partial charge in [-0.05, 0) is 40.3 Å². The van der Waals surface area contributed by atoms with Crippen molar-refractivity contribution in [3.8, 4) is 0 Å². The van der Waals surface area contributed by atoms with Crippen LogP contribution in [0.3, 0.4) is 0 Å². The van der Waals surface area contributed by atoms with Gasteiger partial charge in [0.2, 0.25) is 5.91 Å². The molecule has 110 valence electrons. The highest BCUT2D eigenvalue weighted by atomic mass is 16.2. The van der Waals surface area contributed by atoms with Gasteiger partial charge in [0.1, 0.15) is 0 Å². The van der Waals surface area contributed by atoms with Crippen molar-refractivity contribution in [2.45, 2.75) is 70.1 Å². The summed E-state index contributed by atoms with van der Waals surface area (Å²) in [6.07, 6.45) is 7.21. The molecule has 2 rings (SSSR count). The van der Waals surface area contributed by atoms with Crippen molar-refractivity contribution in [1.82, 2.24) is 15.1 Å². The molecule has 0 aromatic rings. The van der Waals surface area contributed by atoms with Gasteiger partial charge in [0.25, 0.3) is 0 Å². The third-order valence-electron chi connectivity index (χ3n) is 5.02. The molecule has 1 saturated carbocycles. The Morgan fingerprint density at radius 3 is 2.53 bits per heavy atom. The highest BCUT2D eigenvalue weighted by Crippen LogP contribution is 2.35. The van der Waals surface area contributed by atoms with Crippen LogP contribution in [0.15, 0.2) is 0 Å². The van der Waals surface area contributed by atoms with Gasteiger partial charge in [0, 0.05) is 12.1 Å². The van der Waals surface area contributed by atoms with Crippen LogP contribution in [0.25, 0.3) is 0 Å². The van der Waals surface area contributed by atoms with E-state index in [1.54, 1.807) is 0 Å². The molecule has 4 heteroatoms. The van der Waals surface area contributed by atoms with E-state index in [-0.39, 0.29) is 17.7 Å². The van der Waals surface area contributed by atoms with Gasteiger partial charge < -0.3 is 9.80 Å². The van der Waals surface area contributed by atoms with E-state index in [2.05, 4.69) is 43.1 Å². The van der Waals surface area contributed by atoms with Crippen molar-refractivity contribution in [3.63, 3.8) is 0 Å². The van der Waals surface area contributed by atoms with Crippen LogP contribution in [-0.2, 0) is 4.79 Å². The van der Waals surface area contributed by atoms with Crippen LogP contribution in [-0.4, -0.2) is 54.1 Å². The number of nitrogens with zero attached hydrogens (tertiary/aromatic N) is 2.